The lowest BCUT2D eigenvalue weighted by molar-refractivity contribution is -0.298. The number of aliphatic hydroxyl groups is 4. The summed E-state index contributed by atoms with van der Waals surface area (Å²) in [7, 11) is -5.09. The van der Waals surface area contributed by atoms with E-state index in [1.807, 2.05) is 6.08 Å². The maximum atomic E-state index is 13.1. The minimum absolute atomic E-state index is 0.264. The second-order valence-corrected chi connectivity index (χ2v) is 20.2. The molecule has 1 rings (SSSR count). The second-order valence-electron chi connectivity index (χ2n) is 19.2. The smallest absolute Gasteiger partial charge is 0.394 e. The summed E-state index contributed by atoms with van der Waals surface area (Å²) in [6.45, 7) is 3.42. The van der Waals surface area contributed by atoms with E-state index in [4.69, 9.17) is 9.47 Å². The van der Waals surface area contributed by atoms with Gasteiger partial charge in [-0.1, -0.05) is 224 Å². The molecule has 1 saturated heterocycles. The molecule has 12 nitrogen and oxygen atoms in total. The van der Waals surface area contributed by atoms with Gasteiger partial charge in [0.25, 0.3) is 0 Å². The molecule has 1 amide bonds. The normalized spacial score (nSPS) is 20.1. The molecular formula is C53H101NO11S. The number of carbonyl (C=O) groups is 1. The van der Waals surface area contributed by atoms with Crippen molar-refractivity contribution in [2.24, 2.45) is 0 Å². The molecule has 0 radical (unpaired) electrons. The molecule has 1 heterocycles. The van der Waals surface area contributed by atoms with Crippen molar-refractivity contribution in [1.82, 2.24) is 5.32 Å². The van der Waals surface area contributed by atoms with Gasteiger partial charge in [-0.05, 0) is 44.9 Å². The van der Waals surface area contributed by atoms with Crippen molar-refractivity contribution in [3.05, 3.63) is 24.3 Å². The van der Waals surface area contributed by atoms with E-state index in [1.165, 1.54) is 180 Å². The maximum absolute atomic E-state index is 13.1. The number of nitrogens with one attached hydrogen (secondary N) is 1. The van der Waals surface area contributed by atoms with E-state index >= 15 is 0 Å². The fourth-order valence-electron chi connectivity index (χ4n) is 8.74. The monoisotopic (exact) mass is 960 g/mol. The van der Waals surface area contributed by atoms with E-state index in [1.54, 1.807) is 6.08 Å². The molecule has 13 heteroatoms. The number of allylic oxidation sites excluding steroid dienone is 3. The summed E-state index contributed by atoms with van der Waals surface area (Å²) < 4.78 is 47.8. The fraction of sp³-hybridized carbons (Fsp3) is 0.906. The zero-order chi connectivity index (χ0) is 48.4. The van der Waals surface area contributed by atoms with Crippen molar-refractivity contribution in [3.8, 4) is 0 Å². The van der Waals surface area contributed by atoms with E-state index in [2.05, 4.69) is 35.5 Å². The number of unbranched alkanes of at least 4 members (excludes halogenated alkanes) is 33. The molecule has 6 N–H and O–H groups in total. The summed E-state index contributed by atoms with van der Waals surface area (Å²) in [4.78, 5) is 13.1. The average molecular weight is 960 g/mol. The number of ether oxygens (including phenoxy) is 2. The Morgan fingerprint density at radius 3 is 1.36 bits per heavy atom. The Hall–Kier alpha value is -1.42. The van der Waals surface area contributed by atoms with Crippen LogP contribution in [-0.4, -0.2) is 95.4 Å². The summed E-state index contributed by atoms with van der Waals surface area (Å²) in [6, 6.07) is -0.945. The first-order chi connectivity index (χ1) is 32.0. The van der Waals surface area contributed by atoms with Crippen LogP contribution in [0, 0.1) is 0 Å². The Labute approximate surface area is 403 Å². The zero-order valence-corrected chi connectivity index (χ0v) is 42.8. The van der Waals surface area contributed by atoms with Gasteiger partial charge in [0.15, 0.2) is 6.29 Å². The summed E-state index contributed by atoms with van der Waals surface area (Å²) >= 11 is 0. The van der Waals surface area contributed by atoms with Crippen molar-refractivity contribution >= 4 is 16.3 Å². The highest BCUT2D eigenvalue weighted by molar-refractivity contribution is 7.80. The fourth-order valence-corrected chi connectivity index (χ4v) is 9.25. The minimum atomic E-state index is -5.09. The molecule has 1 fully saturated rings. The molecule has 0 bridgehead atoms. The second kappa shape index (κ2) is 43.6. The van der Waals surface area contributed by atoms with E-state index in [9.17, 15) is 38.2 Å². The third-order valence-corrected chi connectivity index (χ3v) is 13.4. The van der Waals surface area contributed by atoms with Crippen molar-refractivity contribution in [1.29, 1.82) is 0 Å². The third-order valence-electron chi connectivity index (χ3n) is 13.0. The number of carbonyl (C=O) groups excluding carboxylic acids is 1. The number of hydrogen-bond donors (Lipinski definition) is 6. The van der Waals surface area contributed by atoms with Gasteiger partial charge in [-0.3, -0.25) is 9.35 Å². The van der Waals surface area contributed by atoms with Gasteiger partial charge in [0.2, 0.25) is 5.91 Å². The van der Waals surface area contributed by atoms with Gasteiger partial charge in [0.05, 0.1) is 25.4 Å². The standard InChI is InChI=1S/C53H101NO11S/c1-3-5-7-9-11-13-15-17-19-21-22-23-24-25-27-29-31-33-35-37-39-41-43-49(57)54-46(45-63-53-51(59)52(65-66(60,61)62)50(58)48(44-55)64-53)47(56)42-40-38-36-34-32-30-28-26-20-18-16-14-12-10-8-6-4-2/h24-25,40,42,46-48,50-53,55-56,58-59H,3-23,26-39,41,43-45H2,1-2H3,(H,54,57)(H,60,61,62)/b25-24-,42-40+. The first kappa shape index (κ1) is 62.6. The number of hydrogen-bond acceptors (Lipinski definition) is 10. The summed E-state index contributed by atoms with van der Waals surface area (Å²) in [5, 5.41) is 44.9. The van der Waals surface area contributed by atoms with Crippen LogP contribution >= 0.6 is 0 Å². The van der Waals surface area contributed by atoms with Gasteiger partial charge in [-0.15, -0.1) is 0 Å². The Morgan fingerprint density at radius 1 is 0.591 bits per heavy atom. The van der Waals surface area contributed by atoms with Crippen LogP contribution in [0.4, 0.5) is 0 Å². The first-order valence-corrected chi connectivity index (χ1v) is 28.6. The highest BCUT2D eigenvalue weighted by atomic mass is 32.3. The highest BCUT2D eigenvalue weighted by Gasteiger charge is 2.48. The van der Waals surface area contributed by atoms with Crippen LogP contribution in [0.25, 0.3) is 0 Å². The van der Waals surface area contributed by atoms with Gasteiger partial charge in [-0.25, -0.2) is 4.18 Å². The molecule has 1 aliphatic rings. The van der Waals surface area contributed by atoms with Crippen LogP contribution < -0.4 is 5.32 Å². The molecule has 0 aromatic heterocycles. The molecule has 0 aromatic carbocycles. The van der Waals surface area contributed by atoms with Crippen molar-refractivity contribution < 1.29 is 51.8 Å². The average Bonchev–Trinajstić information content (AvgIpc) is 3.29. The lowest BCUT2D eigenvalue weighted by atomic mass is 9.99. The van der Waals surface area contributed by atoms with E-state index < -0.39 is 59.9 Å². The predicted molar refractivity (Wildman–Crippen MR) is 269 cm³/mol. The maximum Gasteiger partial charge on any atom is 0.397 e. The molecular weight excluding hydrogens is 859 g/mol. The molecule has 0 aliphatic carbocycles. The molecule has 7 unspecified atom stereocenters. The molecule has 1 aliphatic heterocycles. The van der Waals surface area contributed by atoms with E-state index in [0.29, 0.717) is 6.42 Å². The summed E-state index contributed by atoms with van der Waals surface area (Å²) in [6.07, 6.45) is 43.6. The van der Waals surface area contributed by atoms with Gasteiger partial charge in [0, 0.05) is 6.42 Å². The van der Waals surface area contributed by atoms with Crippen molar-refractivity contribution in [2.45, 2.75) is 294 Å². The summed E-state index contributed by atoms with van der Waals surface area (Å²) in [5.74, 6) is -0.264. The number of rotatable bonds is 47. The Kier molecular flexibility index (Phi) is 41.3. The molecule has 66 heavy (non-hydrogen) atoms. The summed E-state index contributed by atoms with van der Waals surface area (Å²) in [5.41, 5.74) is 0. The minimum Gasteiger partial charge on any atom is -0.394 e. The largest absolute Gasteiger partial charge is 0.397 e. The van der Waals surface area contributed by atoms with Gasteiger partial charge in [0.1, 0.15) is 24.4 Å². The Balaban J connectivity index is 2.42. The number of amides is 1. The zero-order valence-electron chi connectivity index (χ0n) is 42.0. The van der Waals surface area contributed by atoms with Crippen LogP contribution in [0.1, 0.15) is 251 Å². The third kappa shape index (κ3) is 35.7. The van der Waals surface area contributed by atoms with E-state index in [-0.39, 0.29) is 18.9 Å². The van der Waals surface area contributed by atoms with Gasteiger partial charge < -0.3 is 35.2 Å². The van der Waals surface area contributed by atoms with Crippen LogP contribution in [0.3, 0.4) is 0 Å². The quantitative estimate of drug-likeness (QED) is 0.0193. The van der Waals surface area contributed by atoms with Crippen LogP contribution in [0.5, 0.6) is 0 Å². The van der Waals surface area contributed by atoms with Crippen LogP contribution in [0.2, 0.25) is 0 Å². The lowest BCUT2D eigenvalue weighted by Gasteiger charge is -2.41. The van der Waals surface area contributed by atoms with Crippen LogP contribution in [0.15, 0.2) is 24.3 Å². The van der Waals surface area contributed by atoms with Crippen LogP contribution in [-0.2, 0) is 28.9 Å². The number of aliphatic hydroxyl groups excluding tert-OH is 4. The molecule has 390 valence electrons. The Bertz CT molecular complexity index is 1270. The van der Waals surface area contributed by atoms with Gasteiger partial charge >= 0.3 is 10.4 Å². The Morgan fingerprint density at radius 2 is 0.970 bits per heavy atom. The van der Waals surface area contributed by atoms with E-state index in [0.717, 1.165) is 44.9 Å². The topological polar surface area (TPSA) is 192 Å². The SMILES string of the molecule is CCCCCCCCCCCCC/C=C\CCCCCCCCCC(=O)NC(COC1OC(CO)C(O)C(OS(=O)(=O)O)C1O)C(O)/C=C/CCCCCCCCCCCCCCCCC. The van der Waals surface area contributed by atoms with Crippen molar-refractivity contribution in [3.63, 3.8) is 0 Å². The molecule has 0 spiro atoms. The van der Waals surface area contributed by atoms with Gasteiger partial charge in [-0.2, -0.15) is 8.42 Å². The molecule has 0 saturated carbocycles. The highest BCUT2D eigenvalue weighted by Crippen LogP contribution is 2.26. The molecule has 7 atom stereocenters. The lowest BCUT2D eigenvalue weighted by Crippen LogP contribution is -2.61. The predicted octanol–water partition coefficient (Wildman–Crippen LogP) is 12.1. The molecule has 0 aromatic rings. The van der Waals surface area contributed by atoms with Crippen molar-refractivity contribution in [2.75, 3.05) is 13.2 Å². The first-order valence-electron chi connectivity index (χ1n) is 27.2.